The molecule has 1 aliphatic heterocycles. The lowest BCUT2D eigenvalue weighted by Gasteiger charge is -2.31. The Labute approximate surface area is 191 Å². The predicted octanol–water partition coefficient (Wildman–Crippen LogP) is 3.22. The fraction of sp³-hybridized carbons (Fsp3) is 0.381. The smallest absolute Gasteiger partial charge is 0.248 e. The van der Waals surface area contributed by atoms with Crippen LogP contribution in [0, 0.1) is 19.8 Å². The third kappa shape index (κ3) is 4.45. The molecule has 32 heavy (non-hydrogen) atoms. The maximum absolute atomic E-state index is 13.2. The molecule has 3 aromatic rings. The first-order chi connectivity index (χ1) is 15.3. The summed E-state index contributed by atoms with van der Waals surface area (Å²) in [5, 5.41) is 7.56. The number of nitrogens with one attached hydrogen (secondary N) is 1. The highest BCUT2D eigenvalue weighted by Gasteiger charge is 2.36. The number of anilines is 1. The minimum Gasteiger partial charge on any atom is -0.360 e. The van der Waals surface area contributed by atoms with E-state index in [1.807, 2.05) is 42.1 Å². The number of amides is 1. The van der Waals surface area contributed by atoms with Crippen LogP contribution in [0.4, 0.5) is 5.69 Å². The normalized spacial score (nSPS) is 17.4. The quantitative estimate of drug-likeness (QED) is 0.583. The van der Waals surface area contributed by atoms with Gasteiger partial charge in [0.05, 0.1) is 11.6 Å². The molecular weight excluding hydrogens is 450 g/mol. The summed E-state index contributed by atoms with van der Waals surface area (Å²) in [4.78, 5) is 18.4. The van der Waals surface area contributed by atoms with Gasteiger partial charge in [0.15, 0.2) is 10.9 Å². The molecule has 0 radical (unpaired) electrons. The molecule has 11 heteroatoms. The van der Waals surface area contributed by atoms with Gasteiger partial charge in [0, 0.05) is 37.4 Å². The molecule has 1 saturated heterocycles. The molecule has 1 N–H and O–H groups in total. The number of sulfonamides is 1. The molecule has 1 aliphatic rings. The highest BCUT2D eigenvalue weighted by molar-refractivity contribution is 7.99. The van der Waals surface area contributed by atoms with Gasteiger partial charge in [0.2, 0.25) is 15.9 Å². The average Bonchev–Trinajstić information content (AvgIpc) is 3.34. The van der Waals surface area contributed by atoms with E-state index in [9.17, 15) is 13.2 Å². The standard InChI is InChI=1S/C21H25N5O4S2/c1-14-19(15(2)30-24-14)32(28,29)26-11-6-7-16(13-26)20(27)23-17-8-4-5-9-18(17)31-21-22-10-12-25(21)3/h4-5,8-10,12,16H,6-7,11,13H2,1-3H3,(H,23,27). The number of carbonyl (C=O) groups excluding carboxylic acids is 1. The second-order valence-electron chi connectivity index (χ2n) is 7.76. The van der Waals surface area contributed by atoms with Crippen molar-refractivity contribution in [2.75, 3.05) is 18.4 Å². The minimum absolute atomic E-state index is 0.0929. The molecule has 1 unspecified atom stereocenters. The first-order valence-corrected chi connectivity index (χ1v) is 12.5. The fourth-order valence-corrected chi connectivity index (χ4v) is 6.49. The molecule has 0 aliphatic carbocycles. The Morgan fingerprint density at radius 2 is 2.06 bits per heavy atom. The summed E-state index contributed by atoms with van der Waals surface area (Å²) in [6, 6.07) is 7.51. The number of rotatable bonds is 6. The highest BCUT2D eigenvalue weighted by Crippen LogP contribution is 2.33. The fourth-order valence-electron chi connectivity index (χ4n) is 3.79. The van der Waals surface area contributed by atoms with Gasteiger partial charge in [0.1, 0.15) is 10.6 Å². The molecular formula is C21H25N5O4S2. The number of aryl methyl sites for hydroxylation is 3. The van der Waals surface area contributed by atoms with Crippen LogP contribution in [0.25, 0.3) is 0 Å². The number of aromatic nitrogens is 3. The van der Waals surface area contributed by atoms with Crippen molar-refractivity contribution in [3.63, 3.8) is 0 Å². The summed E-state index contributed by atoms with van der Waals surface area (Å²) in [6.45, 7) is 3.67. The van der Waals surface area contributed by atoms with E-state index in [1.165, 1.54) is 16.1 Å². The first-order valence-electron chi connectivity index (χ1n) is 10.3. The molecule has 1 fully saturated rings. The maximum atomic E-state index is 13.2. The zero-order chi connectivity index (χ0) is 22.9. The van der Waals surface area contributed by atoms with Crippen LogP contribution < -0.4 is 5.32 Å². The molecule has 1 amide bonds. The molecule has 0 spiro atoms. The van der Waals surface area contributed by atoms with Crippen molar-refractivity contribution in [2.24, 2.45) is 13.0 Å². The number of imidazole rings is 1. The number of benzene rings is 1. The molecule has 1 atom stereocenters. The highest BCUT2D eigenvalue weighted by atomic mass is 32.2. The van der Waals surface area contributed by atoms with Crippen molar-refractivity contribution < 1.29 is 17.7 Å². The predicted molar refractivity (Wildman–Crippen MR) is 120 cm³/mol. The summed E-state index contributed by atoms with van der Waals surface area (Å²) >= 11 is 1.46. The van der Waals surface area contributed by atoms with E-state index < -0.39 is 15.9 Å². The van der Waals surface area contributed by atoms with Gasteiger partial charge in [-0.1, -0.05) is 17.3 Å². The van der Waals surface area contributed by atoms with E-state index in [1.54, 1.807) is 20.0 Å². The Balaban J connectivity index is 1.50. The Bertz CT molecular complexity index is 1220. The molecule has 9 nitrogen and oxygen atoms in total. The Kier molecular flexibility index (Phi) is 6.40. The van der Waals surface area contributed by atoms with Crippen molar-refractivity contribution in [1.82, 2.24) is 19.0 Å². The second kappa shape index (κ2) is 9.08. The van der Waals surface area contributed by atoms with Crippen molar-refractivity contribution >= 4 is 33.4 Å². The Morgan fingerprint density at radius 1 is 1.28 bits per heavy atom. The van der Waals surface area contributed by atoms with Gasteiger partial charge in [-0.05, 0) is 50.6 Å². The van der Waals surface area contributed by atoms with Crippen molar-refractivity contribution in [3.05, 3.63) is 48.1 Å². The lowest BCUT2D eigenvalue weighted by atomic mass is 9.99. The van der Waals surface area contributed by atoms with E-state index in [4.69, 9.17) is 4.52 Å². The summed E-state index contributed by atoms with van der Waals surface area (Å²) in [5.41, 5.74) is 1.01. The monoisotopic (exact) mass is 475 g/mol. The summed E-state index contributed by atoms with van der Waals surface area (Å²) in [5.74, 6) is -0.393. The molecule has 0 bridgehead atoms. The van der Waals surface area contributed by atoms with Gasteiger partial charge >= 0.3 is 0 Å². The van der Waals surface area contributed by atoms with Crippen LogP contribution in [0.2, 0.25) is 0 Å². The van der Waals surface area contributed by atoms with Crippen LogP contribution in [0.1, 0.15) is 24.3 Å². The number of para-hydroxylation sites is 1. The topological polar surface area (TPSA) is 110 Å². The number of hydrogen-bond donors (Lipinski definition) is 1. The zero-order valence-electron chi connectivity index (χ0n) is 18.1. The first kappa shape index (κ1) is 22.6. The number of hydrogen-bond acceptors (Lipinski definition) is 7. The molecule has 0 saturated carbocycles. The summed E-state index contributed by atoms with van der Waals surface area (Å²) < 4.78 is 34.6. The molecule has 170 valence electrons. The van der Waals surface area contributed by atoms with E-state index in [-0.39, 0.29) is 23.1 Å². The average molecular weight is 476 g/mol. The van der Waals surface area contributed by atoms with Gasteiger partial charge in [-0.15, -0.1) is 0 Å². The lowest BCUT2D eigenvalue weighted by Crippen LogP contribution is -2.44. The van der Waals surface area contributed by atoms with Crippen molar-refractivity contribution in [2.45, 2.75) is 41.6 Å². The van der Waals surface area contributed by atoms with Crippen LogP contribution in [0.5, 0.6) is 0 Å². The van der Waals surface area contributed by atoms with Gasteiger partial charge in [0.25, 0.3) is 0 Å². The van der Waals surface area contributed by atoms with Gasteiger partial charge in [-0.3, -0.25) is 4.79 Å². The van der Waals surface area contributed by atoms with Crippen molar-refractivity contribution in [1.29, 1.82) is 0 Å². The van der Waals surface area contributed by atoms with Crippen LogP contribution in [-0.4, -0.2) is 46.4 Å². The second-order valence-corrected chi connectivity index (χ2v) is 10.6. The Hall–Kier alpha value is -2.63. The number of piperidine rings is 1. The third-order valence-electron chi connectivity index (χ3n) is 5.44. The van der Waals surface area contributed by atoms with E-state index in [0.717, 1.165) is 10.1 Å². The van der Waals surface area contributed by atoms with E-state index in [0.29, 0.717) is 30.8 Å². The van der Waals surface area contributed by atoms with Crippen LogP contribution in [0.3, 0.4) is 0 Å². The van der Waals surface area contributed by atoms with E-state index >= 15 is 0 Å². The molecule has 4 rings (SSSR count). The lowest BCUT2D eigenvalue weighted by molar-refractivity contribution is -0.120. The van der Waals surface area contributed by atoms with Gasteiger partial charge in [-0.2, -0.15) is 4.31 Å². The van der Waals surface area contributed by atoms with Gasteiger partial charge in [-0.25, -0.2) is 13.4 Å². The minimum atomic E-state index is -3.78. The third-order valence-corrected chi connectivity index (χ3v) is 8.71. The maximum Gasteiger partial charge on any atom is 0.248 e. The van der Waals surface area contributed by atoms with Crippen molar-refractivity contribution in [3.8, 4) is 0 Å². The zero-order valence-corrected chi connectivity index (χ0v) is 19.7. The largest absolute Gasteiger partial charge is 0.360 e. The van der Waals surface area contributed by atoms with Gasteiger partial charge < -0.3 is 14.4 Å². The number of carbonyl (C=O) groups is 1. The summed E-state index contributed by atoms with van der Waals surface area (Å²) in [6.07, 6.45) is 4.80. The SMILES string of the molecule is Cc1noc(C)c1S(=O)(=O)N1CCCC(C(=O)Nc2ccccc2Sc2nccn2C)C1. The Morgan fingerprint density at radius 3 is 2.75 bits per heavy atom. The molecule has 3 heterocycles. The summed E-state index contributed by atoms with van der Waals surface area (Å²) in [7, 11) is -1.88. The molecule has 2 aromatic heterocycles. The van der Waals surface area contributed by atoms with Crippen LogP contribution >= 0.6 is 11.8 Å². The van der Waals surface area contributed by atoms with Crippen LogP contribution in [0.15, 0.2) is 56.1 Å². The van der Waals surface area contributed by atoms with Crippen LogP contribution in [-0.2, 0) is 21.9 Å². The molecule has 1 aromatic carbocycles. The van der Waals surface area contributed by atoms with E-state index in [2.05, 4.69) is 15.5 Å². The number of nitrogens with zero attached hydrogens (tertiary/aromatic N) is 4.